The van der Waals surface area contributed by atoms with Gasteiger partial charge in [0.15, 0.2) is 0 Å². The largest absolute Gasteiger partial charge is 0.445 e. The molecule has 43 heavy (non-hydrogen) atoms. The molecule has 0 aliphatic carbocycles. The molecule has 3 aromatic rings. The summed E-state index contributed by atoms with van der Waals surface area (Å²) in [4.78, 5) is 44.9. The van der Waals surface area contributed by atoms with Gasteiger partial charge in [0.05, 0.1) is 12.2 Å². The number of halogens is 2. The second-order valence-corrected chi connectivity index (χ2v) is 11.1. The minimum Gasteiger partial charge on any atom is -0.445 e. The number of oxazole rings is 1. The van der Waals surface area contributed by atoms with Crippen molar-refractivity contribution in [3.05, 3.63) is 77.2 Å². The maximum Gasteiger partial charge on any atom is 0.253 e. The first-order chi connectivity index (χ1) is 20.5. The Labute approximate surface area is 251 Å². The molecule has 0 aliphatic rings. The fourth-order valence-corrected chi connectivity index (χ4v) is 4.56. The average Bonchev–Trinajstić information content (AvgIpc) is 3.50. The molecule has 0 radical (unpaired) electrons. The van der Waals surface area contributed by atoms with E-state index in [4.69, 9.17) is 4.42 Å². The molecule has 3 rings (SSSR count). The summed E-state index contributed by atoms with van der Waals surface area (Å²) in [5, 5.41) is 8.98. The number of benzene rings is 2. The zero-order valence-corrected chi connectivity index (χ0v) is 25.4. The number of nitrogens with one attached hydrogen (secondary N) is 3. The molecule has 3 amide bonds. The van der Waals surface area contributed by atoms with Gasteiger partial charge in [-0.25, -0.2) is 13.8 Å². The zero-order chi connectivity index (χ0) is 31.5. The number of aromatic nitrogens is 1. The van der Waals surface area contributed by atoms with Crippen LogP contribution in [-0.4, -0.2) is 66.4 Å². The van der Waals surface area contributed by atoms with E-state index in [1.54, 1.807) is 31.0 Å². The minimum atomic E-state index is -0.716. The third kappa shape index (κ3) is 10.3. The fourth-order valence-electron chi connectivity index (χ4n) is 4.56. The van der Waals surface area contributed by atoms with E-state index < -0.39 is 29.6 Å². The van der Waals surface area contributed by atoms with Gasteiger partial charge in [-0.1, -0.05) is 20.8 Å². The van der Waals surface area contributed by atoms with Crippen LogP contribution >= 0.6 is 0 Å². The van der Waals surface area contributed by atoms with E-state index in [9.17, 15) is 23.2 Å². The smallest absolute Gasteiger partial charge is 0.253 e. The summed E-state index contributed by atoms with van der Waals surface area (Å²) in [6, 6.07) is 6.91. The van der Waals surface area contributed by atoms with Crippen LogP contribution in [0.15, 0.2) is 53.3 Å². The van der Waals surface area contributed by atoms with Crippen molar-refractivity contribution >= 4 is 17.7 Å². The fraction of sp³-hybridized carbons (Fsp3) is 0.438. The molecule has 0 unspecified atom stereocenters. The Morgan fingerprint density at radius 1 is 1.00 bits per heavy atom. The van der Waals surface area contributed by atoms with Crippen LogP contribution in [0.2, 0.25) is 0 Å². The summed E-state index contributed by atoms with van der Waals surface area (Å²) in [6.45, 7) is 9.16. The normalized spacial score (nSPS) is 12.6. The third-order valence-electron chi connectivity index (χ3n) is 6.79. The first kappa shape index (κ1) is 33.4. The zero-order valence-electron chi connectivity index (χ0n) is 25.4. The maximum atomic E-state index is 14.0. The highest BCUT2D eigenvalue weighted by molar-refractivity contribution is 6.01. The van der Waals surface area contributed by atoms with E-state index in [0.29, 0.717) is 48.7 Å². The van der Waals surface area contributed by atoms with Crippen molar-refractivity contribution < 1.29 is 27.6 Å². The molecule has 0 bridgehead atoms. The highest BCUT2D eigenvalue weighted by Gasteiger charge is 2.21. The quantitative estimate of drug-likeness (QED) is 0.236. The van der Waals surface area contributed by atoms with Crippen molar-refractivity contribution in [3.63, 3.8) is 0 Å². The first-order valence-electron chi connectivity index (χ1n) is 14.5. The van der Waals surface area contributed by atoms with Crippen molar-refractivity contribution in [2.24, 2.45) is 5.92 Å². The van der Waals surface area contributed by atoms with E-state index in [0.717, 1.165) is 12.5 Å². The number of rotatable bonds is 15. The molecule has 0 saturated carbocycles. The minimum absolute atomic E-state index is 0.139. The SMILES string of the molecule is CCCN(C)C(=O)c1cc(C(=O)N[C@H](CCN[C@@H](C)C(=O)NCC(C)C)Cc2cc(F)cc(F)c2)cc(-c2ncco2)c1. The summed E-state index contributed by atoms with van der Waals surface area (Å²) in [5.74, 6) is -1.75. The molecule has 1 aromatic heterocycles. The van der Waals surface area contributed by atoms with Crippen molar-refractivity contribution in [1.82, 2.24) is 25.8 Å². The van der Waals surface area contributed by atoms with E-state index in [2.05, 4.69) is 20.9 Å². The van der Waals surface area contributed by atoms with Gasteiger partial charge >= 0.3 is 0 Å². The molecule has 11 heteroatoms. The molecule has 232 valence electrons. The second kappa shape index (κ2) is 15.9. The van der Waals surface area contributed by atoms with Gasteiger partial charge in [-0.3, -0.25) is 14.4 Å². The molecule has 2 atom stereocenters. The number of hydrogen-bond acceptors (Lipinski definition) is 6. The van der Waals surface area contributed by atoms with Crippen LogP contribution in [0.5, 0.6) is 0 Å². The molecular weight excluding hydrogens is 556 g/mol. The van der Waals surface area contributed by atoms with Crippen molar-refractivity contribution in [3.8, 4) is 11.5 Å². The Bertz CT molecular complexity index is 1360. The summed E-state index contributed by atoms with van der Waals surface area (Å²) in [7, 11) is 1.69. The lowest BCUT2D eigenvalue weighted by molar-refractivity contribution is -0.122. The summed E-state index contributed by atoms with van der Waals surface area (Å²) in [5.41, 5.74) is 1.32. The van der Waals surface area contributed by atoms with Crippen LogP contribution in [0, 0.1) is 17.6 Å². The van der Waals surface area contributed by atoms with E-state index in [1.165, 1.54) is 30.7 Å². The average molecular weight is 598 g/mol. The highest BCUT2D eigenvalue weighted by atomic mass is 19.1. The molecule has 9 nitrogen and oxygen atoms in total. The molecule has 0 fully saturated rings. The molecular formula is C32H41F2N5O4. The summed E-state index contributed by atoms with van der Waals surface area (Å²) in [6.07, 6.45) is 4.13. The number of hydrogen-bond donors (Lipinski definition) is 3. The van der Waals surface area contributed by atoms with Crippen LogP contribution in [0.1, 0.15) is 66.8 Å². The molecule has 3 N–H and O–H groups in total. The number of nitrogens with zero attached hydrogens (tertiary/aromatic N) is 2. The lowest BCUT2D eigenvalue weighted by atomic mass is 10.0. The summed E-state index contributed by atoms with van der Waals surface area (Å²) < 4.78 is 33.4. The highest BCUT2D eigenvalue weighted by Crippen LogP contribution is 2.22. The lowest BCUT2D eigenvalue weighted by Gasteiger charge is -2.22. The number of amides is 3. The van der Waals surface area contributed by atoms with Gasteiger partial charge in [-0.15, -0.1) is 0 Å². The van der Waals surface area contributed by atoms with Crippen LogP contribution in [-0.2, 0) is 11.2 Å². The Hall–Kier alpha value is -4.12. The third-order valence-corrected chi connectivity index (χ3v) is 6.79. The molecule has 0 aliphatic heterocycles. The van der Waals surface area contributed by atoms with Gasteiger partial charge in [0.25, 0.3) is 11.8 Å². The van der Waals surface area contributed by atoms with Gasteiger partial charge in [0, 0.05) is 48.9 Å². The van der Waals surface area contributed by atoms with Crippen LogP contribution in [0.3, 0.4) is 0 Å². The van der Waals surface area contributed by atoms with E-state index in [1.807, 2.05) is 20.8 Å². The van der Waals surface area contributed by atoms with Gasteiger partial charge in [0.1, 0.15) is 17.9 Å². The molecule has 2 aromatic carbocycles. The summed E-state index contributed by atoms with van der Waals surface area (Å²) >= 11 is 0. The Morgan fingerprint density at radius 2 is 1.70 bits per heavy atom. The Balaban J connectivity index is 1.83. The van der Waals surface area contributed by atoms with E-state index >= 15 is 0 Å². The van der Waals surface area contributed by atoms with Crippen LogP contribution in [0.25, 0.3) is 11.5 Å². The monoisotopic (exact) mass is 597 g/mol. The first-order valence-corrected chi connectivity index (χ1v) is 14.5. The lowest BCUT2D eigenvalue weighted by Crippen LogP contribution is -2.45. The van der Waals surface area contributed by atoms with Gasteiger partial charge < -0.3 is 25.3 Å². The van der Waals surface area contributed by atoms with Crippen molar-refractivity contribution in [2.75, 3.05) is 26.7 Å². The van der Waals surface area contributed by atoms with Gasteiger partial charge in [0.2, 0.25) is 11.8 Å². The number of carbonyl (C=O) groups excluding carboxylic acids is 3. The number of carbonyl (C=O) groups is 3. The second-order valence-electron chi connectivity index (χ2n) is 11.1. The standard InChI is InChI=1S/C32H41F2N5O4/c1-6-10-39(5)32(42)25-16-23(15-24(17-25)31-36-9-11-43-31)30(41)38-28(14-22-12-26(33)18-27(34)13-22)7-8-35-21(4)29(40)37-19-20(2)3/h9,11-13,15-18,20-21,28,35H,6-8,10,14,19H2,1-5H3,(H,37,40)(H,38,41)/t21-,28+/m0/s1. The maximum absolute atomic E-state index is 14.0. The molecule has 1 heterocycles. The predicted octanol–water partition coefficient (Wildman–Crippen LogP) is 4.58. The Morgan fingerprint density at radius 3 is 2.33 bits per heavy atom. The Kier molecular flexibility index (Phi) is 12.4. The molecule has 0 saturated heterocycles. The van der Waals surface area contributed by atoms with Crippen LogP contribution in [0.4, 0.5) is 8.78 Å². The van der Waals surface area contributed by atoms with Crippen molar-refractivity contribution in [2.45, 2.75) is 59.0 Å². The van der Waals surface area contributed by atoms with E-state index in [-0.39, 0.29) is 29.7 Å². The van der Waals surface area contributed by atoms with Gasteiger partial charge in [-0.2, -0.15) is 0 Å². The topological polar surface area (TPSA) is 117 Å². The molecule has 0 spiro atoms. The van der Waals surface area contributed by atoms with Crippen molar-refractivity contribution in [1.29, 1.82) is 0 Å². The van der Waals surface area contributed by atoms with Crippen LogP contribution < -0.4 is 16.0 Å². The van der Waals surface area contributed by atoms with Gasteiger partial charge in [-0.05, 0) is 74.5 Å². The predicted molar refractivity (Wildman–Crippen MR) is 160 cm³/mol.